The Morgan fingerprint density at radius 2 is 2.17 bits per heavy atom. The second-order valence-electron chi connectivity index (χ2n) is 6.64. The highest BCUT2D eigenvalue weighted by molar-refractivity contribution is 5.99. The lowest BCUT2D eigenvalue weighted by molar-refractivity contribution is -0.349. The second kappa shape index (κ2) is 5.66. The van der Waals surface area contributed by atoms with Crippen LogP contribution in [-0.4, -0.2) is 61.0 Å². The van der Waals surface area contributed by atoms with Crippen LogP contribution in [0.5, 0.6) is 0 Å². The Labute approximate surface area is 139 Å². The predicted octanol–water partition coefficient (Wildman–Crippen LogP) is 0.497. The molecule has 130 valence electrons. The standard InChI is InChI=1S/C16H21N3O5/c1-16(2)22-7-9-12(24-16)10-11(15(21-3)23-9)19-14(20)8-5-4-6-17-13(8)18-10/h4-6,9-12,15H,7H2,1-3H3,(H,17,18)(H,19,20)/t9-,10-,11-,12-,15-/m1/s1. The van der Waals surface area contributed by atoms with Crippen LogP contribution in [0.15, 0.2) is 18.3 Å². The van der Waals surface area contributed by atoms with Crippen molar-refractivity contribution in [2.45, 2.75) is 50.2 Å². The van der Waals surface area contributed by atoms with Gasteiger partial charge in [-0.15, -0.1) is 0 Å². The Hall–Kier alpha value is -1.74. The Morgan fingerprint density at radius 1 is 1.33 bits per heavy atom. The van der Waals surface area contributed by atoms with Crippen molar-refractivity contribution >= 4 is 11.7 Å². The second-order valence-corrected chi connectivity index (χ2v) is 6.64. The number of carbonyl (C=O) groups is 1. The summed E-state index contributed by atoms with van der Waals surface area (Å²) in [5.74, 6) is -0.403. The summed E-state index contributed by atoms with van der Waals surface area (Å²) in [6, 6.07) is 2.80. The number of methoxy groups -OCH3 is 1. The molecule has 0 aliphatic carbocycles. The number of anilines is 1. The molecule has 0 unspecified atom stereocenters. The minimum absolute atomic E-state index is 0.214. The third-order valence-electron chi connectivity index (χ3n) is 4.61. The summed E-state index contributed by atoms with van der Waals surface area (Å²) in [4.78, 5) is 16.8. The van der Waals surface area contributed by atoms with Gasteiger partial charge in [0.25, 0.3) is 5.91 Å². The first-order chi connectivity index (χ1) is 11.5. The summed E-state index contributed by atoms with van der Waals surface area (Å²) in [6.07, 6.45) is 0.450. The van der Waals surface area contributed by atoms with Crippen molar-refractivity contribution in [3.05, 3.63) is 23.9 Å². The minimum atomic E-state index is -0.722. The van der Waals surface area contributed by atoms with Crippen LogP contribution in [0.25, 0.3) is 0 Å². The van der Waals surface area contributed by atoms with Crippen LogP contribution in [0.2, 0.25) is 0 Å². The first-order valence-corrected chi connectivity index (χ1v) is 8.01. The summed E-state index contributed by atoms with van der Waals surface area (Å²) >= 11 is 0. The van der Waals surface area contributed by atoms with Crippen LogP contribution in [0, 0.1) is 0 Å². The summed E-state index contributed by atoms with van der Waals surface area (Å²) in [5, 5.41) is 6.34. The van der Waals surface area contributed by atoms with Gasteiger partial charge in [0.15, 0.2) is 12.1 Å². The van der Waals surface area contributed by atoms with Gasteiger partial charge < -0.3 is 29.6 Å². The zero-order chi connectivity index (χ0) is 16.9. The fourth-order valence-corrected chi connectivity index (χ4v) is 3.49. The maximum atomic E-state index is 12.5. The van der Waals surface area contributed by atoms with Crippen LogP contribution in [-0.2, 0) is 18.9 Å². The quantitative estimate of drug-likeness (QED) is 0.772. The van der Waals surface area contributed by atoms with Gasteiger partial charge in [0.1, 0.15) is 24.1 Å². The molecule has 5 atom stereocenters. The molecule has 1 aromatic rings. The summed E-state index contributed by atoms with van der Waals surface area (Å²) in [7, 11) is 1.55. The maximum absolute atomic E-state index is 12.5. The fourth-order valence-electron chi connectivity index (χ4n) is 3.49. The van der Waals surface area contributed by atoms with Gasteiger partial charge in [0.2, 0.25) is 0 Å². The van der Waals surface area contributed by atoms with Crippen molar-refractivity contribution in [1.29, 1.82) is 0 Å². The zero-order valence-corrected chi connectivity index (χ0v) is 13.8. The van der Waals surface area contributed by atoms with Gasteiger partial charge in [-0.05, 0) is 26.0 Å². The first-order valence-electron chi connectivity index (χ1n) is 8.01. The van der Waals surface area contributed by atoms with E-state index in [1.807, 2.05) is 13.8 Å². The molecule has 0 bridgehead atoms. The lowest BCUT2D eigenvalue weighted by Crippen LogP contribution is -2.69. The molecule has 4 rings (SSSR count). The molecule has 0 saturated carbocycles. The first kappa shape index (κ1) is 15.8. The van der Waals surface area contributed by atoms with Gasteiger partial charge in [0.05, 0.1) is 18.2 Å². The lowest BCUT2D eigenvalue weighted by Gasteiger charge is -2.50. The number of ether oxygens (including phenoxy) is 4. The molecule has 24 heavy (non-hydrogen) atoms. The Balaban J connectivity index is 1.72. The number of nitrogens with one attached hydrogen (secondary N) is 2. The van der Waals surface area contributed by atoms with E-state index in [1.54, 1.807) is 25.4 Å². The summed E-state index contributed by atoms with van der Waals surface area (Å²) in [5.41, 5.74) is 0.490. The largest absolute Gasteiger partial charge is 0.362 e. The van der Waals surface area contributed by atoms with Crippen LogP contribution < -0.4 is 10.6 Å². The average Bonchev–Trinajstić information content (AvgIpc) is 2.71. The van der Waals surface area contributed by atoms with Crippen molar-refractivity contribution in [3.63, 3.8) is 0 Å². The molecular weight excluding hydrogens is 314 g/mol. The van der Waals surface area contributed by atoms with E-state index in [-0.39, 0.29) is 24.2 Å². The molecule has 8 heteroatoms. The van der Waals surface area contributed by atoms with E-state index >= 15 is 0 Å². The van der Waals surface area contributed by atoms with Crippen LogP contribution in [0.4, 0.5) is 5.82 Å². The molecule has 2 fully saturated rings. The molecule has 4 heterocycles. The average molecular weight is 335 g/mol. The van der Waals surface area contributed by atoms with Gasteiger partial charge in [-0.25, -0.2) is 4.98 Å². The third-order valence-corrected chi connectivity index (χ3v) is 4.61. The number of aromatic nitrogens is 1. The van der Waals surface area contributed by atoms with E-state index in [1.165, 1.54) is 0 Å². The summed E-state index contributed by atoms with van der Waals surface area (Å²) < 4.78 is 23.2. The molecule has 0 aromatic carbocycles. The number of hydrogen-bond donors (Lipinski definition) is 2. The Morgan fingerprint density at radius 3 is 2.96 bits per heavy atom. The monoisotopic (exact) mass is 335 g/mol. The maximum Gasteiger partial charge on any atom is 0.255 e. The van der Waals surface area contributed by atoms with Crippen molar-refractivity contribution in [1.82, 2.24) is 10.3 Å². The molecule has 0 spiro atoms. The van der Waals surface area contributed by atoms with E-state index in [0.717, 1.165) is 0 Å². The van der Waals surface area contributed by atoms with Gasteiger partial charge in [-0.3, -0.25) is 4.79 Å². The predicted molar refractivity (Wildman–Crippen MR) is 83.5 cm³/mol. The number of pyridine rings is 1. The molecule has 3 aliphatic rings. The lowest BCUT2D eigenvalue weighted by atomic mass is 9.93. The summed E-state index contributed by atoms with van der Waals surface area (Å²) in [6.45, 7) is 4.12. The minimum Gasteiger partial charge on any atom is -0.362 e. The van der Waals surface area contributed by atoms with Crippen molar-refractivity contribution in [3.8, 4) is 0 Å². The molecule has 1 amide bonds. The van der Waals surface area contributed by atoms with E-state index in [2.05, 4.69) is 15.6 Å². The number of hydrogen-bond acceptors (Lipinski definition) is 7. The van der Waals surface area contributed by atoms with E-state index in [4.69, 9.17) is 18.9 Å². The smallest absolute Gasteiger partial charge is 0.255 e. The normalized spacial score (nSPS) is 37.1. The van der Waals surface area contributed by atoms with E-state index in [9.17, 15) is 4.79 Å². The number of nitrogens with zero attached hydrogens (tertiary/aromatic N) is 1. The topological polar surface area (TPSA) is 90.9 Å². The van der Waals surface area contributed by atoms with E-state index < -0.39 is 18.1 Å². The highest BCUT2D eigenvalue weighted by Crippen LogP contribution is 2.35. The molecule has 1 aromatic heterocycles. The third kappa shape index (κ3) is 2.55. The number of rotatable bonds is 1. The van der Waals surface area contributed by atoms with Gasteiger partial charge >= 0.3 is 0 Å². The van der Waals surface area contributed by atoms with Crippen LogP contribution in [0.3, 0.4) is 0 Å². The van der Waals surface area contributed by atoms with Gasteiger partial charge in [-0.2, -0.15) is 0 Å². The van der Waals surface area contributed by atoms with Crippen LogP contribution in [0.1, 0.15) is 24.2 Å². The van der Waals surface area contributed by atoms with Crippen LogP contribution >= 0.6 is 0 Å². The molecule has 2 N–H and O–H groups in total. The number of amides is 1. The van der Waals surface area contributed by atoms with Crippen molar-refractivity contribution in [2.24, 2.45) is 0 Å². The van der Waals surface area contributed by atoms with Crippen molar-refractivity contribution in [2.75, 3.05) is 19.0 Å². The molecule has 2 saturated heterocycles. The highest BCUT2D eigenvalue weighted by Gasteiger charge is 2.53. The zero-order valence-electron chi connectivity index (χ0n) is 13.8. The van der Waals surface area contributed by atoms with Gasteiger partial charge in [0, 0.05) is 13.3 Å². The number of fused-ring (bicyclic) bond motifs is 4. The van der Waals surface area contributed by atoms with E-state index in [0.29, 0.717) is 18.0 Å². The molecular formula is C16H21N3O5. The molecule has 8 nitrogen and oxygen atoms in total. The van der Waals surface area contributed by atoms with Crippen molar-refractivity contribution < 1.29 is 23.7 Å². The SMILES string of the molecule is CO[C@@H]1O[C@@H]2COC(C)(C)O[C@H]2[C@@H]2Nc3ncccc3C(=O)N[C@@H]12. The highest BCUT2D eigenvalue weighted by atomic mass is 16.8. The number of carbonyl (C=O) groups excluding carboxylic acids is 1. The Bertz CT molecular complexity index is 652. The Kier molecular flexibility index (Phi) is 3.72. The molecule has 3 aliphatic heterocycles. The van der Waals surface area contributed by atoms with Gasteiger partial charge in [-0.1, -0.05) is 0 Å². The fraction of sp³-hybridized carbons (Fsp3) is 0.625. The molecule has 0 radical (unpaired) electrons.